The third kappa shape index (κ3) is 6.98. The van der Waals surface area contributed by atoms with Crippen LogP contribution in [-0.2, 0) is 0 Å². The molecule has 0 fully saturated rings. The molecule has 0 radical (unpaired) electrons. The van der Waals surface area contributed by atoms with Crippen LogP contribution in [-0.4, -0.2) is 48.4 Å². The van der Waals surface area contributed by atoms with Gasteiger partial charge < -0.3 is 0 Å². The molecule has 0 saturated heterocycles. The number of fused-ring (bicyclic) bond motifs is 1. The third-order valence-electron chi connectivity index (χ3n) is 12.2. The summed E-state index contributed by atoms with van der Waals surface area (Å²) in [5, 5.41) is 14.9. The minimum Gasteiger partial charge on any atom is -0.0656 e. The Morgan fingerprint density at radius 3 is 0.630 bits per heavy atom. The van der Waals surface area contributed by atoms with Crippen molar-refractivity contribution < 1.29 is 0 Å². The molecule has 46 heavy (non-hydrogen) atoms. The van der Waals surface area contributed by atoms with Crippen molar-refractivity contribution >= 4 is 90.3 Å². The van der Waals surface area contributed by atoms with E-state index in [1.807, 2.05) is 20.7 Å². The molecular formula is C40H80Si6. The standard InChI is InChI=1S/C40H80Si6/c1-27(2)45(28(3)4,29(5)6)37-33-25-35(41(13,14)15)36(42(16,17)18)26-34(33)38(46(30(7)8,31(9)10)32(11)12)40(44(22,23)24)39(37)43(19,20)21/h25-32H,1-24H3. The lowest BCUT2D eigenvalue weighted by Gasteiger charge is -2.52. The molecule has 0 nitrogen and oxygen atoms in total. The average Bonchev–Trinajstić information content (AvgIpc) is 2.80. The van der Waals surface area contributed by atoms with E-state index in [9.17, 15) is 0 Å². The summed E-state index contributed by atoms with van der Waals surface area (Å²) in [6.07, 6.45) is 0. The Balaban J connectivity index is 3.99. The molecule has 0 atom stereocenters. The van der Waals surface area contributed by atoms with Gasteiger partial charge in [0.1, 0.15) is 0 Å². The normalized spacial score (nSPS) is 14.8. The molecule has 0 N–H and O–H groups in total. The van der Waals surface area contributed by atoms with Crippen molar-refractivity contribution in [2.45, 2.75) is 195 Å². The fourth-order valence-corrected chi connectivity index (χ4v) is 39.6. The molecule has 0 aromatic heterocycles. The molecule has 0 unspecified atom stereocenters. The second-order valence-electron chi connectivity index (χ2n) is 21.2. The van der Waals surface area contributed by atoms with Crippen LogP contribution < -0.4 is 31.1 Å². The summed E-state index contributed by atoms with van der Waals surface area (Å²) in [4.78, 5) is 0. The monoisotopic (exact) mass is 728 g/mol. The van der Waals surface area contributed by atoms with Gasteiger partial charge in [0.15, 0.2) is 0 Å². The zero-order valence-electron chi connectivity index (χ0n) is 35.6. The van der Waals surface area contributed by atoms with Crippen molar-refractivity contribution in [1.29, 1.82) is 0 Å². The van der Waals surface area contributed by atoms with Gasteiger partial charge >= 0.3 is 0 Å². The highest BCUT2D eigenvalue weighted by atomic mass is 28.3. The van der Waals surface area contributed by atoms with Crippen LogP contribution in [0.15, 0.2) is 12.1 Å². The van der Waals surface area contributed by atoms with Crippen molar-refractivity contribution in [3.05, 3.63) is 12.1 Å². The molecule has 0 bridgehead atoms. The first-order valence-corrected chi connectivity index (χ1v) is 37.5. The van der Waals surface area contributed by atoms with E-state index in [4.69, 9.17) is 0 Å². The van der Waals surface area contributed by atoms with Gasteiger partial charge in [0.05, 0.1) is 48.4 Å². The molecular weight excluding hydrogens is 649 g/mol. The fraction of sp³-hybridized carbons (Fsp3) is 0.750. The Morgan fingerprint density at radius 1 is 0.304 bits per heavy atom. The quantitative estimate of drug-likeness (QED) is 0.191. The highest BCUT2D eigenvalue weighted by molar-refractivity contribution is 7.11. The Bertz CT molecular complexity index is 1230. The number of hydrogen-bond acceptors (Lipinski definition) is 0. The summed E-state index contributed by atoms with van der Waals surface area (Å²) in [6, 6.07) is 5.83. The maximum atomic E-state index is 2.92. The molecule has 264 valence electrons. The predicted molar refractivity (Wildman–Crippen MR) is 237 cm³/mol. The van der Waals surface area contributed by atoms with E-state index in [0.29, 0.717) is 33.2 Å². The Kier molecular flexibility index (Phi) is 12.5. The first kappa shape index (κ1) is 42.2. The molecule has 2 aromatic rings. The summed E-state index contributed by atoms with van der Waals surface area (Å²) in [7, 11) is -11.0. The third-order valence-corrected chi connectivity index (χ3v) is 35.5. The van der Waals surface area contributed by atoms with Crippen LogP contribution in [0.1, 0.15) is 83.1 Å². The first-order valence-electron chi connectivity index (χ1n) is 19.1. The minimum absolute atomic E-state index is 0.695. The summed E-state index contributed by atoms with van der Waals surface area (Å²) in [6.45, 7) is 63.6. The van der Waals surface area contributed by atoms with Gasteiger partial charge in [0.2, 0.25) is 0 Å². The van der Waals surface area contributed by atoms with E-state index in [0.717, 1.165) is 0 Å². The summed E-state index contributed by atoms with van der Waals surface area (Å²) in [5.41, 5.74) is 4.17. The van der Waals surface area contributed by atoms with E-state index in [-0.39, 0.29) is 0 Å². The summed E-state index contributed by atoms with van der Waals surface area (Å²) < 4.78 is 0. The molecule has 2 aromatic carbocycles. The van der Waals surface area contributed by atoms with Crippen molar-refractivity contribution in [3.8, 4) is 0 Å². The molecule has 0 aliphatic heterocycles. The van der Waals surface area contributed by atoms with Gasteiger partial charge in [-0.05, 0) is 44.0 Å². The Labute approximate surface area is 295 Å². The lowest BCUT2D eigenvalue weighted by molar-refractivity contribution is 0.835. The second kappa shape index (κ2) is 13.6. The van der Waals surface area contributed by atoms with Gasteiger partial charge in [0, 0.05) is 0 Å². The van der Waals surface area contributed by atoms with Crippen molar-refractivity contribution in [1.82, 2.24) is 0 Å². The van der Waals surface area contributed by atoms with Gasteiger partial charge in [-0.15, -0.1) is 0 Å². The SMILES string of the molecule is CC(C)[Si](c1c([Si](C)(C)C)c([Si](C)(C)C)c([Si](C(C)C)(C(C)C)C(C)C)c2cc([Si](C)(C)C)c([Si](C)(C)C)cc12)(C(C)C)C(C)C. The van der Waals surface area contributed by atoms with Crippen molar-refractivity contribution in [2.24, 2.45) is 0 Å². The number of hydrogen-bond donors (Lipinski definition) is 0. The van der Waals surface area contributed by atoms with Crippen LogP contribution in [0.5, 0.6) is 0 Å². The summed E-state index contributed by atoms with van der Waals surface area (Å²) >= 11 is 0. The van der Waals surface area contributed by atoms with Crippen LogP contribution in [0.25, 0.3) is 10.8 Å². The van der Waals surface area contributed by atoms with Crippen LogP contribution in [0, 0.1) is 0 Å². The Hall–Kier alpha value is 0.00130. The van der Waals surface area contributed by atoms with Gasteiger partial charge in [-0.3, -0.25) is 0 Å². The van der Waals surface area contributed by atoms with Gasteiger partial charge in [0.25, 0.3) is 0 Å². The van der Waals surface area contributed by atoms with E-state index in [1.54, 1.807) is 21.1 Å². The lowest BCUT2D eigenvalue weighted by Crippen LogP contribution is -2.77. The van der Waals surface area contributed by atoms with E-state index < -0.39 is 48.4 Å². The molecule has 0 aliphatic rings. The molecule has 0 aliphatic carbocycles. The molecule has 2 rings (SSSR count). The second-order valence-corrected chi connectivity index (χ2v) is 53.0. The summed E-state index contributed by atoms with van der Waals surface area (Å²) in [5.74, 6) is 0. The lowest BCUT2D eigenvalue weighted by atomic mass is 10.1. The average molecular weight is 730 g/mol. The van der Waals surface area contributed by atoms with Crippen molar-refractivity contribution in [3.63, 3.8) is 0 Å². The van der Waals surface area contributed by atoms with Crippen LogP contribution in [0.4, 0.5) is 0 Å². The smallest absolute Gasteiger partial charge is 0.0656 e. The van der Waals surface area contributed by atoms with Crippen LogP contribution in [0.2, 0.25) is 112 Å². The zero-order chi connectivity index (χ0) is 36.5. The maximum absolute atomic E-state index is 2.92. The number of rotatable bonds is 12. The van der Waals surface area contributed by atoms with E-state index >= 15 is 0 Å². The first-order chi connectivity index (χ1) is 20.4. The minimum atomic E-state index is -2.04. The van der Waals surface area contributed by atoms with Crippen molar-refractivity contribution in [2.75, 3.05) is 0 Å². The maximum Gasteiger partial charge on any atom is 0.0949 e. The fourth-order valence-electron chi connectivity index (χ4n) is 10.9. The largest absolute Gasteiger partial charge is 0.0949 e. The molecule has 0 heterocycles. The van der Waals surface area contributed by atoms with E-state index in [2.05, 4.69) is 174 Å². The van der Waals surface area contributed by atoms with Gasteiger partial charge in [-0.1, -0.05) is 205 Å². The molecule has 6 heteroatoms. The highest BCUT2D eigenvalue weighted by Crippen LogP contribution is 2.45. The van der Waals surface area contributed by atoms with Crippen LogP contribution in [0.3, 0.4) is 0 Å². The molecule has 0 amide bonds. The highest BCUT2D eigenvalue weighted by Gasteiger charge is 2.54. The van der Waals surface area contributed by atoms with Crippen LogP contribution >= 0.6 is 0 Å². The molecule has 0 spiro atoms. The number of benzene rings is 2. The zero-order valence-corrected chi connectivity index (χ0v) is 41.6. The van der Waals surface area contributed by atoms with E-state index in [1.165, 1.54) is 0 Å². The van der Waals surface area contributed by atoms with Gasteiger partial charge in [-0.2, -0.15) is 0 Å². The van der Waals surface area contributed by atoms with Gasteiger partial charge in [-0.25, -0.2) is 0 Å². The molecule has 0 saturated carbocycles. The topological polar surface area (TPSA) is 0 Å². The Morgan fingerprint density at radius 2 is 0.500 bits per heavy atom. The predicted octanol–water partition coefficient (Wildman–Crippen LogP) is 10.8.